The van der Waals surface area contributed by atoms with E-state index in [-0.39, 0.29) is 10.5 Å². The second-order valence-electron chi connectivity index (χ2n) is 7.18. The normalized spacial score (nSPS) is 19.3. The summed E-state index contributed by atoms with van der Waals surface area (Å²) in [5, 5.41) is 0. The number of para-hydroxylation sites is 2. The second-order valence-corrected chi connectivity index (χ2v) is 9.08. The van der Waals surface area contributed by atoms with Gasteiger partial charge in [0, 0.05) is 25.9 Å². The highest BCUT2D eigenvalue weighted by Crippen LogP contribution is 2.40. The number of hydrogen-bond donors (Lipinski definition) is 0. The van der Waals surface area contributed by atoms with Crippen LogP contribution in [0.25, 0.3) is 0 Å². The Morgan fingerprint density at radius 3 is 2.52 bits per heavy atom. The Hall–Kier alpha value is -2.05. The number of ether oxygens (including phenoxy) is 2. The van der Waals surface area contributed by atoms with E-state index in [0.717, 1.165) is 18.6 Å². The molecule has 5 nitrogen and oxygen atoms in total. The molecule has 0 N–H and O–H groups in total. The number of fused-ring (bicyclic) bond motifs is 1. The van der Waals surface area contributed by atoms with Crippen molar-refractivity contribution in [1.29, 1.82) is 0 Å². The van der Waals surface area contributed by atoms with Gasteiger partial charge in [0.05, 0.1) is 6.61 Å². The lowest BCUT2D eigenvalue weighted by Gasteiger charge is -2.44. The first-order valence-electron chi connectivity index (χ1n) is 9.53. The maximum atomic E-state index is 13.2. The van der Waals surface area contributed by atoms with Gasteiger partial charge >= 0.3 is 0 Å². The molecule has 0 aliphatic carbocycles. The molecule has 1 fully saturated rings. The van der Waals surface area contributed by atoms with Crippen LogP contribution in [0.5, 0.6) is 11.5 Å². The number of nitrogens with zero attached hydrogens (tertiary/aromatic N) is 1. The Bertz CT molecular complexity index is 917. The highest BCUT2D eigenvalue weighted by molar-refractivity contribution is 7.89. The summed E-state index contributed by atoms with van der Waals surface area (Å²) in [6, 6.07) is 15.0. The zero-order valence-corrected chi connectivity index (χ0v) is 16.4. The van der Waals surface area contributed by atoms with Crippen LogP contribution in [-0.4, -0.2) is 38.0 Å². The van der Waals surface area contributed by atoms with E-state index in [9.17, 15) is 8.42 Å². The molecule has 0 amide bonds. The van der Waals surface area contributed by atoms with Gasteiger partial charge < -0.3 is 9.47 Å². The van der Waals surface area contributed by atoms with Crippen LogP contribution in [0.1, 0.15) is 31.7 Å². The molecule has 2 heterocycles. The van der Waals surface area contributed by atoms with E-state index in [1.807, 2.05) is 25.1 Å². The first-order valence-corrected chi connectivity index (χ1v) is 11.0. The van der Waals surface area contributed by atoms with Gasteiger partial charge in [-0.15, -0.1) is 0 Å². The van der Waals surface area contributed by atoms with E-state index < -0.39 is 10.0 Å². The van der Waals surface area contributed by atoms with Gasteiger partial charge in [0.1, 0.15) is 22.0 Å². The van der Waals surface area contributed by atoms with Crippen molar-refractivity contribution in [3.63, 3.8) is 0 Å². The average molecular weight is 388 g/mol. The Morgan fingerprint density at radius 1 is 1.04 bits per heavy atom. The van der Waals surface area contributed by atoms with Crippen LogP contribution in [0, 0.1) is 0 Å². The first kappa shape index (κ1) is 18.3. The molecule has 1 spiro atoms. The monoisotopic (exact) mass is 387 g/mol. The summed E-state index contributed by atoms with van der Waals surface area (Å²) in [7, 11) is -3.58. The van der Waals surface area contributed by atoms with E-state index in [0.29, 0.717) is 38.3 Å². The molecule has 0 saturated carbocycles. The van der Waals surface area contributed by atoms with Crippen LogP contribution in [0.3, 0.4) is 0 Å². The maximum Gasteiger partial charge on any atom is 0.246 e. The lowest BCUT2D eigenvalue weighted by atomic mass is 9.84. The topological polar surface area (TPSA) is 55.8 Å². The predicted octanol–water partition coefficient (Wildman–Crippen LogP) is 3.63. The molecule has 1 saturated heterocycles. The highest BCUT2D eigenvalue weighted by atomic mass is 32.2. The van der Waals surface area contributed by atoms with Crippen molar-refractivity contribution in [2.75, 3.05) is 19.7 Å². The van der Waals surface area contributed by atoms with Crippen LogP contribution >= 0.6 is 0 Å². The van der Waals surface area contributed by atoms with Crippen molar-refractivity contribution >= 4 is 10.0 Å². The van der Waals surface area contributed by atoms with Crippen LogP contribution in [-0.2, 0) is 16.4 Å². The van der Waals surface area contributed by atoms with Gasteiger partial charge in [-0.25, -0.2) is 8.42 Å². The predicted molar refractivity (Wildman–Crippen MR) is 104 cm³/mol. The molecule has 2 aliphatic heterocycles. The zero-order chi connectivity index (χ0) is 18.9. The molecule has 2 aliphatic rings. The summed E-state index contributed by atoms with van der Waals surface area (Å²) in [6.07, 6.45) is 3.33. The number of sulfonamides is 1. The molecule has 0 unspecified atom stereocenters. The van der Waals surface area contributed by atoms with Gasteiger partial charge in [-0.05, 0) is 43.5 Å². The van der Waals surface area contributed by atoms with Gasteiger partial charge in [0.25, 0.3) is 0 Å². The molecule has 0 atom stereocenters. The quantitative estimate of drug-likeness (QED) is 0.804. The van der Waals surface area contributed by atoms with E-state index >= 15 is 0 Å². The molecule has 2 aromatic carbocycles. The van der Waals surface area contributed by atoms with Gasteiger partial charge in [-0.3, -0.25) is 0 Å². The molecular formula is C21H25NO4S. The molecule has 6 heteroatoms. The molecule has 0 aromatic heterocycles. The summed E-state index contributed by atoms with van der Waals surface area (Å²) >= 11 is 0. The van der Waals surface area contributed by atoms with E-state index in [2.05, 4.69) is 6.07 Å². The molecular weight excluding hydrogens is 362 g/mol. The minimum absolute atomic E-state index is 0.248. The molecule has 2 aromatic rings. The van der Waals surface area contributed by atoms with E-state index in [4.69, 9.17) is 9.47 Å². The smallest absolute Gasteiger partial charge is 0.246 e. The van der Waals surface area contributed by atoms with Gasteiger partial charge in [0.2, 0.25) is 10.0 Å². The molecule has 0 bridgehead atoms. The Labute approximate surface area is 161 Å². The molecule has 0 radical (unpaired) electrons. The fourth-order valence-corrected chi connectivity index (χ4v) is 5.59. The van der Waals surface area contributed by atoms with Crippen molar-refractivity contribution in [1.82, 2.24) is 4.31 Å². The van der Waals surface area contributed by atoms with E-state index in [1.54, 1.807) is 28.6 Å². The maximum absolute atomic E-state index is 13.2. The zero-order valence-electron chi connectivity index (χ0n) is 15.6. The van der Waals surface area contributed by atoms with Crippen molar-refractivity contribution in [3.05, 3.63) is 54.1 Å². The van der Waals surface area contributed by atoms with Gasteiger partial charge in [0.15, 0.2) is 0 Å². The van der Waals surface area contributed by atoms with Crippen molar-refractivity contribution in [2.45, 2.75) is 43.1 Å². The number of rotatable bonds is 4. The summed E-state index contributed by atoms with van der Waals surface area (Å²) < 4.78 is 39.8. The molecule has 4 rings (SSSR count). The van der Waals surface area contributed by atoms with Gasteiger partial charge in [-0.2, -0.15) is 4.31 Å². The Kier molecular flexibility index (Phi) is 4.86. The largest absolute Gasteiger partial charge is 0.492 e. The van der Waals surface area contributed by atoms with Crippen molar-refractivity contribution in [2.24, 2.45) is 0 Å². The molecule has 144 valence electrons. The molecule has 27 heavy (non-hydrogen) atoms. The standard InChI is InChI=1S/C21H25NO4S/c1-2-25-19-9-5-6-10-20(19)27(23,24)22-15-13-21(14-16-22)12-11-17-7-3-4-8-18(17)26-21/h3-10H,2,11-16H2,1H3. The summed E-state index contributed by atoms with van der Waals surface area (Å²) in [5.41, 5.74) is 0.989. The summed E-state index contributed by atoms with van der Waals surface area (Å²) in [6.45, 7) is 3.21. The third-order valence-corrected chi connectivity index (χ3v) is 7.49. The summed E-state index contributed by atoms with van der Waals surface area (Å²) in [4.78, 5) is 0.248. The van der Waals surface area contributed by atoms with Crippen LogP contribution < -0.4 is 9.47 Å². The number of piperidine rings is 1. The van der Waals surface area contributed by atoms with Crippen LogP contribution in [0.15, 0.2) is 53.4 Å². The van der Waals surface area contributed by atoms with Crippen LogP contribution in [0.4, 0.5) is 0 Å². The third-order valence-electron chi connectivity index (χ3n) is 5.55. The fourth-order valence-electron chi connectivity index (χ4n) is 4.02. The lowest BCUT2D eigenvalue weighted by Crippen LogP contribution is -2.51. The average Bonchev–Trinajstić information content (AvgIpc) is 2.69. The number of aryl methyl sites for hydroxylation is 1. The number of hydrogen-bond acceptors (Lipinski definition) is 4. The third kappa shape index (κ3) is 3.44. The highest BCUT2D eigenvalue weighted by Gasteiger charge is 2.42. The SMILES string of the molecule is CCOc1ccccc1S(=O)(=O)N1CCC2(CCc3ccccc3O2)CC1. The second kappa shape index (κ2) is 7.17. The minimum atomic E-state index is -3.58. The van der Waals surface area contributed by atoms with Crippen LogP contribution in [0.2, 0.25) is 0 Å². The van der Waals surface area contributed by atoms with Gasteiger partial charge in [-0.1, -0.05) is 30.3 Å². The minimum Gasteiger partial charge on any atom is -0.492 e. The first-order chi connectivity index (χ1) is 13.0. The number of benzene rings is 2. The van der Waals surface area contributed by atoms with Crippen molar-refractivity contribution < 1.29 is 17.9 Å². The van der Waals surface area contributed by atoms with Crippen molar-refractivity contribution in [3.8, 4) is 11.5 Å². The summed E-state index contributed by atoms with van der Waals surface area (Å²) in [5.74, 6) is 1.37. The Balaban J connectivity index is 1.51. The Morgan fingerprint density at radius 2 is 1.74 bits per heavy atom. The fraction of sp³-hybridized carbons (Fsp3) is 0.429. The lowest BCUT2D eigenvalue weighted by molar-refractivity contribution is 0.00179. The van der Waals surface area contributed by atoms with E-state index in [1.165, 1.54) is 5.56 Å².